The molecule has 0 aliphatic rings. The number of hydrogen-bond acceptors (Lipinski definition) is 4. The topological polar surface area (TPSA) is 77.6 Å². The molecular weight excluding hydrogens is 328 g/mol. The van der Waals surface area contributed by atoms with E-state index in [9.17, 15) is 4.79 Å². The quantitative estimate of drug-likeness (QED) is 0.738. The van der Waals surface area contributed by atoms with Crippen LogP contribution in [-0.2, 0) is 20.0 Å². The number of hydrogen-bond donors (Lipinski definition) is 1. The summed E-state index contributed by atoms with van der Waals surface area (Å²) in [5.41, 5.74) is 2.41. The summed E-state index contributed by atoms with van der Waals surface area (Å²) in [4.78, 5) is 12.1. The molecule has 3 rings (SSSR count). The summed E-state index contributed by atoms with van der Waals surface area (Å²) in [7, 11) is 1.86. The molecule has 1 aromatic carbocycles. The molecule has 0 saturated carbocycles. The first kappa shape index (κ1) is 16.2. The lowest BCUT2D eigenvalue weighted by Gasteiger charge is -2.01. The number of benzene rings is 1. The highest BCUT2D eigenvalue weighted by Gasteiger charge is 2.10. The van der Waals surface area contributed by atoms with Crippen LogP contribution in [0.3, 0.4) is 0 Å². The smallest absolute Gasteiger partial charge is 0.273 e. The van der Waals surface area contributed by atoms with Crippen molar-refractivity contribution < 1.29 is 4.79 Å². The standard InChI is InChI=1S/C16H17ClN6O/c1-22-9-13(8-19-22)6-7-18-16(24)15-11-23(21-20-15)10-12-2-4-14(17)5-3-12/h2-5,8-9,11H,6-7,10H2,1H3,(H,18,24). The van der Waals surface area contributed by atoms with Crippen LogP contribution in [0.25, 0.3) is 0 Å². The highest BCUT2D eigenvalue weighted by molar-refractivity contribution is 6.30. The molecule has 0 saturated heterocycles. The third kappa shape index (κ3) is 4.20. The summed E-state index contributed by atoms with van der Waals surface area (Å²) < 4.78 is 3.36. The van der Waals surface area contributed by atoms with E-state index in [1.165, 1.54) is 0 Å². The summed E-state index contributed by atoms with van der Waals surface area (Å²) in [6, 6.07) is 7.47. The Labute approximate surface area is 144 Å². The van der Waals surface area contributed by atoms with Crippen LogP contribution in [0.1, 0.15) is 21.6 Å². The first-order valence-electron chi connectivity index (χ1n) is 7.50. The van der Waals surface area contributed by atoms with Crippen LogP contribution in [0.5, 0.6) is 0 Å². The molecule has 0 bridgehead atoms. The lowest BCUT2D eigenvalue weighted by molar-refractivity contribution is 0.0949. The summed E-state index contributed by atoms with van der Waals surface area (Å²) in [6.45, 7) is 1.06. The van der Waals surface area contributed by atoms with Crippen molar-refractivity contribution in [3.05, 3.63) is 64.7 Å². The molecule has 0 fully saturated rings. The van der Waals surface area contributed by atoms with Gasteiger partial charge in [-0.25, -0.2) is 4.68 Å². The lowest BCUT2D eigenvalue weighted by Crippen LogP contribution is -2.26. The zero-order valence-electron chi connectivity index (χ0n) is 13.2. The van der Waals surface area contributed by atoms with Crippen molar-refractivity contribution >= 4 is 17.5 Å². The summed E-state index contributed by atoms with van der Waals surface area (Å²) >= 11 is 5.86. The van der Waals surface area contributed by atoms with Gasteiger partial charge in [0.15, 0.2) is 5.69 Å². The molecule has 0 radical (unpaired) electrons. The predicted octanol–water partition coefficient (Wildman–Crippen LogP) is 1.69. The second kappa shape index (κ2) is 7.27. The van der Waals surface area contributed by atoms with Crippen molar-refractivity contribution in [3.63, 3.8) is 0 Å². The highest BCUT2D eigenvalue weighted by atomic mass is 35.5. The van der Waals surface area contributed by atoms with Gasteiger partial charge in [-0.05, 0) is 29.7 Å². The minimum atomic E-state index is -0.235. The van der Waals surface area contributed by atoms with Gasteiger partial charge in [0.2, 0.25) is 0 Å². The molecule has 0 unspecified atom stereocenters. The Morgan fingerprint density at radius 2 is 2.00 bits per heavy atom. The Balaban J connectivity index is 1.52. The van der Waals surface area contributed by atoms with Gasteiger partial charge in [0.05, 0.1) is 18.9 Å². The van der Waals surface area contributed by atoms with Crippen molar-refractivity contribution in [2.24, 2.45) is 7.05 Å². The molecule has 24 heavy (non-hydrogen) atoms. The van der Waals surface area contributed by atoms with E-state index < -0.39 is 0 Å². The third-order valence-electron chi connectivity index (χ3n) is 3.49. The number of rotatable bonds is 6. The molecular formula is C16H17ClN6O. The summed E-state index contributed by atoms with van der Waals surface area (Å²) in [6.07, 6.45) is 6.07. The fraction of sp³-hybridized carbons (Fsp3) is 0.250. The summed E-state index contributed by atoms with van der Waals surface area (Å²) in [5, 5.41) is 15.5. The maximum Gasteiger partial charge on any atom is 0.273 e. The second-order valence-electron chi connectivity index (χ2n) is 5.46. The highest BCUT2D eigenvalue weighted by Crippen LogP contribution is 2.10. The van der Waals surface area contributed by atoms with Crippen LogP contribution >= 0.6 is 11.6 Å². The minimum Gasteiger partial charge on any atom is -0.350 e. The Bertz CT molecular complexity index is 823. The van der Waals surface area contributed by atoms with Gasteiger partial charge in [0, 0.05) is 24.8 Å². The lowest BCUT2D eigenvalue weighted by atomic mass is 10.2. The van der Waals surface area contributed by atoms with Gasteiger partial charge < -0.3 is 5.32 Å². The van der Waals surface area contributed by atoms with Gasteiger partial charge in [0.1, 0.15) is 0 Å². The number of nitrogens with one attached hydrogen (secondary N) is 1. The van der Waals surface area contributed by atoms with Crippen LogP contribution in [0.15, 0.2) is 42.9 Å². The van der Waals surface area contributed by atoms with E-state index in [-0.39, 0.29) is 5.91 Å². The van der Waals surface area contributed by atoms with Crippen LogP contribution in [0.2, 0.25) is 5.02 Å². The molecule has 3 aromatic rings. The fourth-order valence-corrected chi connectivity index (χ4v) is 2.39. The first-order valence-corrected chi connectivity index (χ1v) is 7.88. The van der Waals surface area contributed by atoms with Gasteiger partial charge in [0.25, 0.3) is 5.91 Å². The van der Waals surface area contributed by atoms with E-state index in [4.69, 9.17) is 11.6 Å². The second-order valence-corrected chi connectivity index (χ2v) is 5.89. The third-order valence-corrected chi connectivity index (χ3v) is 3.74. The summed E-state index contributed by atoms with van der Waals surface area (Å²) in [5.74, 6) is -0.235. The Hall–Kier alpha value is -2.67. The van der Waals surface area contributed by atoms with Crippen molar-refractivity contribution in [2.75, 3.05) is 6.54 Å². The fourth-order valence-electron chi connectivity index (χ4n) is 2.27. The zero-order chi connectivity index (χ0) is 16.9. The molecule has 0 aliphatic heterocycles. The zero-order valence-corrected chi connectivity index (χ0v) is 13.9. The SMILES string of the molecule is Cn1cc(CCNC(=O)c2cn(Cc3ccc(Cl)cc3)nn2)cn1. The number of nitrogens with zero attached hydrogens (tertiary/aromatic N) is 5. The van der Waals surface area contributed by atoms with Gasteiger partial charge in [-0.1, -0.05) is 28.9 Å². The molecule has 1 N–H and O–H groups in total. The van der Waals surface area contributed by atoms with Crippen molar-refractivity contribution in [1.29, 1.82) is 0 Å². The number of halogens is 1. The van der Waals surface area contributed by atoms with E-state index >= 15 is 0 Å². The molecule has 1 amide bonds. The molecule has 8 heteroatoms. The average Bonchev–Trinajstić information content (AvgIpc) is 3.19. The van der Waals surface area contributed by atoms with Gasteiger partial charge >= 0.3 is 0 Å². The van der Waals surface area contributed by atoms with E-state index in [1.54, 1.807) is 21.8 Å². The van der Waals surface area contributed by atoms with Crippen molar-refractivity contribution in [2.45, 2.75) is 13.0 Å². The normalized spacial score (nSPS) is 10.8. The number of carbonyl (C=O) groups is 1. The maximum absolute atomic E-state index is 12.1. The Kier molecular flexibility index (Phi) is 4.90. The van der Waals surface area contributed by atoms with Crippen LogP contribution in [0.4, 0.5) is 0 Å². The van der Waals surface area contributed by atoms with Crippen LogP contribution in [-0.4, -0.2) is 37.2 Å². The molecule has 124 valence electrons. The van der Waals surface area contributed by atoms with E-state index in [0.29, 0.717) is 23.8 Å². The molecule has 2 aromatic heterocycles. The molecule has 0 aliphatic carbocycles. The van der Waals surface area contributed by atoms with Gasteiger partial charge in [-0.3, -0.25) is 9.48 Å². The van der Waals surface area contributed by atoms with E-state index in [2.05, 4.69) is 20.7 Å². The largest absolute Gasteiger partial charge is 0.350 e. The Morgan fingerprint density at radius 1 is 1.21 bits per heavy atom. The average molecular weight is 345 g/mol. The monoisotopic (exact) mass is 344 g/mol. The van der Waals surface area contributed by atoms with Crippen molar-refractivity contribution in [3.8, 4) is 0 Å². The van der Waals surface area contributed by atoms with E-state index in [0.717, 1.165) is 17.5 Å². The van der Waals surface area contributed by atoms with E-state index in [1.807, 2.05) is 37.5 Å². The molecule has 0 atom stereocenters. The maximum atomic E-state index is 12.1. The molecule has 0 spiro atoms. The van der Waals surface area contributed by atoms with Gasteiger partial charge in [-0.2, -0.15) is 5.10 Å². The van der Waals surface area contributed by atoms with Crippen LogP contribution in [0, 0.1) is 0 Å². The molecule has 2 heterocycles. The number of aromatic nitrogens is 5. The van der Waals surface area contributed by atoms with Crippen LogP contribution < -0.4 is 5.32 Å². The first-order chi connectivity index (χ1) is 11.6. The molecule has 7 nitrogen and oxygen atoms in total. The number of carbonyl (C=O) groups excluding carboxylic acids is 1. The Morgan fingerprint density at radius 3 is 2.71 bits per heavy atom. The van der Waals surface area contributed by atoms with Crippen molar-refractivity contribution in [1.82, 2.24) is 30.1 Å². The minimum absolute atomic E-state index is 0.235. The van der Waals surface area contributed by atoms with Gasteiger partial charge in [-0.15, -0.1) is 5.10 Å². The number of amides is 1. The predicted molar refractivity (Wildman–Crippen MR) is 89.8 cm³/mol. The number of aryl methyl sites for hydroxylation is 1.